The highest BCUT2D eigenvalue weighted by molar-refractivity contribution is 7.80. The lowest BCUT2D eigenvalue weighted by Crippen LogP contribution is -2.61. The molecule has 0 saturated carbocycles. The van der Waals surface area contributed by atoms with Crippen LogP contribution in [0.4, 0.5) is 0 Å². The van der Waals surface area contributed by atoms with Crippen molar-refractivity contribution in [1.82, 2.24) is 5.32 Å². The fraction of sp³-hybridized carbons (Fsp3) is 0.919. The van der Waals surface area contributed by atoms with E-state index in [4.69, 9.17) is 14.0 Å². The van der Waals surface area contributed by atoms with Gasteiger partial charge in [-0.25, -0.2) is 4.18 Å². The smallest absolute Gasteiger partial charge is 0.394 e. The van der Waals surface area contributed by atoms with E-state index in [-0.39, 0.29) is 18.9 Å². The summed E-state index contributed by atoms with van der Waals surface area (Å²) in [6, 6.07) is -0.935. The molecule has 1 heterocycles. The van der Waals surface area contributed by atoms with Gasteiger partial charge < -0.3 is 35.2 Å². The molecule has 1 amide bonds. The van der Waals surface area contributed by atoms with Crippen molar-refractivity contribution in [3.63, 3.8) is 0 Å². The fourth-order valence-corrected chi connectivity index (χ4v) is 6.73. The van der Waals surface area contributed by atoms with Gasteiger partial charge in [0.2, 0.25) is 5.91 Å². The minimum atomic E-state index is -5.07. The zero-order chi connectivity index (χ0) is 37.0. The van der Waals surface area contributed by atoms with Gasteiger partial charge in [-0.3, -0.25) is 9.35 Å². The number of aliphatic hydroxyl groups is 4. The molecule has 1 aliphatic rings. The number of unbranched alkanes of at least 4 members (excludes halogenated alkanes) is 20. The zero-order valence-electron chi connectivity index (χ0n) is 31.0. The van der Waals surface area contributed by atoms with E-state index in [2.05, 4.69) is 23.3 Å². The monoisotopic (exact) mass is 737 g/mol. The van der Waals surface area contributed by atoms with Crippen LogP contribution >= 0.6 is 0 Å². The molecule has 6 N–H and O–H groups in total. The number of ether oxygens (including phenoxy) is 2. The Morgan fingerprint density at radius 2 is 1.26 bits per heavy atom. The standard InChI is InChI=1S/C37H71NO11S/c1-3-5-7-9-11-13-14-15-16-17-19-20-22-24-26-31(40)30(38-33(41)27-25-23-21-18-12-10-8-6-4-2)29-47-37-35(43)36(49-50(44,45)46)34(42)32(28-39)48-37/h24,26,30-32,34-37,39-40,42-43H,3-23,25,27-29H2,1-2H3,(H,38,41)(H,44,45,46)/b26-24+. The third-order valence-electron chi connectivity index (χ3n) is 9.32. The molecule has 50 heavy (non-hydrogen) atoms. The minimum Gasteiger partial charge on any atom is -0.394 e. The summed E-state index contributed by atoms with van der Waals surface area (Å²) in [6.07, 6.45) is 19.8. The van der Waals surface area contributed by atoms with Crippen LogP contribution in [0.5, 0.6) is 0 Å². The summed E-state index contributed by atoms with van der Waals surface area (Å²) in [7, 11) is -5.07. The van der Waals surface area contributed by atoms with Gasteiger partial charge in [-0.2, -0.15) is 8.42 Å². The molecule has 0 aliphatic carbocycles. The maximum Gasteiger partial charge on any atom is 0.397 e. The highest BCUT2D eigenvalue weighted by Crippen LogP contribution is 2.26. The lowest BCUT2D eigenvalue weighted by molar-refractivity contribution is -0.298. The number of amides is 1. The normalized spacial score (nSPS) is 22.6. The van der Waals surface area contributed by atoms with Crippen LogP contribution < -0.4 is 5.32 Å². The molecule has 13 heteroatoms. The minimum absolute atomic E-state index is 0.267. The van der Waals surface area contributed by atoms with Gasteiger partial charge >= 0.3 is 10.4 Å². The number of carbonyl (C=O) groups is 1. The van der Waals surface area contributed by atoms with Crippen LogP contribution in [0.25, 0.3) is 0 Å². The molecule has 1 saturated heterocycles. The predicted molar refractivity (Wildman–Crippen MR) is 195 cm³/mol. The Hall–Kier alpha value is -1.16. The van der Waals surface area contributed by atoms with E-state index in [9.17, 15) is 33.6 Å². The molecule has 0 spiro atoms. The van der Waals surface area contributed by atoms with Crippen LogP contribution in [0.15, 0.2) is 12.2 Å². The Balaban J connectivity index is 2.63. The Labute approximate surface area is 302 Å². The van der Waals surface area contributed by atoms with Gasteiger partial charge in [-0.15, -0.1) is 0 Å². The van der Waals surface area contributed by atoms with Crippen LogP contribution in [-0.2, 0) is 28.9 Å². The second-order valence-corrected chi connectivity index (χ2v) is 14.9. The van der Waals surface area contributed by atoms with Gasteiger partial charge in [0.1, 0.15) is 24.4 Å². The van der Waals surface area contributed by atoms with E-state index < -0.39 is 59.9 Å². The molecule has 12 nitrogen and oxygen atoms in total. The van der Waals surface area contributed by atoms with Crippen LogP contribution in [-0.4, -0.2) is 95.4 Å². The summed E-state index contributed by atoms with van der Waals surface area (Å²) in [6.45, 7) is 3.32. The number of nitrogens with one attached hydrogen (secondary N) is 1. The van der Waals surface area contributed by atoms with Crippen LogP contribution in [0.3, 0.4) is 0 Å². The van der Waals surface area contributed by atoms with Gasteiger partial charge in [0.15, 0.2) is 6.29 Å². The van der Waals surface area contributed by atoms with E-state index >= 15 is 0 Å². The first kappa shape index (κ1) is 46.9. The summed E-state index contributed by atoms with van der Waals surface area (Å²) in [5, 5.41) is 44.4. The van der Waals surface area contributed by atoms with Crippen molar-refractivity contribution in [1.29, 1.82) is 0 Å². The summed E-state index contributed by atoms with van der Waals surface area (Å²) in [5.41, 5.74) is 0. The molecule has 0 aromatic rings. The molecule has 296 valence electrons. The summed E-state index contributed by atoms with van der Waals surface area (Å²) in [4.78, 5) is 12.9. The molecule has 0 aromatic carbocycles. The van der Waals surface area contributed by atoms with E-state index in [1.807, 2.05) is 6.08 Å². The Morgan fingerprint density at radius 1 is 0.780 bits per heavy atom. The molecule has 1 aliphatic heterocycles. The SMILES string of the molecule is CCCCCCCCCCCCCC/C=C/C(O)C(COC1OC(CO)C(O)C(OS(=O)(=O)O)C1O)NC(=O)CCCCCCCCCCC. The van der Waals surface area contributed by atoms with Crippen molar-refractivity contribution in [3.05, 3.63) is 12.2 Å². The maximum atomic E-state index is 12.9. The second-order valence-electron chi connectivity index (χ2n) is 13.9. The van der Waals surface area contributed by atoms with Crippen molar-refractivity contribution in [2.75, 3.05) is 13.2 Å². The third-order valence-corrected chi connectivity index (χ3v) is 9.78. The van der Waals surface area contributed by atoms with Gasteiger partial charge in [0.25, 0.3) is 0 Å². The second kappa shape index (κ2) is 29.3. The van der Waals surface area contributed by atoms with E-state index in [0.29, 0.717) is 6.42 Å². The van der Waals surface area contributed by atoms with E-state index in [1.165, 1.54) is 96.3 Å². The number of aliphatic hydroxyl groups excluding tert-OH is 4. The van der Waals surface area contributed by atoms with Crippen molar-refractivity contribution in [2.24, 2.45) is 0 Å². The number of hydrogen-bond donors (Lipinski definition) is 6. The summed E-state index contributed by atoms with van der Waals surface area (Å²) >= 11 is 0. The van der Waals surface area contributed by atoms with E-state index in [0.717, 1.165) is 38.5 Å². The molecule has 1 rings (SSSR count). The highest BCUT2D eigenvalue weighted by atomic mass is 32.3. The topological polar surface area (TPSA) is 192 Å². The average Bonchev–Trinajstić information content (AvgIpc) is 3.08. The molecule has 0 aromatic heterocycles. The maximum absolute atomic E-state index is 12.9. The fourth-order valence-electron chi connectivity index (χ4n) is 6.22. The van der Waals surface area contributed by atoms with Crippen LogP contribution in [0.1, 0.15) is 162 Å². The highest BCUT2D eigenvalue weighted by Gasteiger charge is 2.48. The van der Waals surface area contributed by atoms with Gasteiger partial charge in [-0.05, 0) is 19.3 Å². The molecular formula is C37H71NO11S. The quantitative estimate of drug-likeness (QED) is 0.0268. The summed E-state index contributed by atoms with van der Waals surface area (Å²) in [5.74, 6) is -0.267. The first-order valence-corrected chi connectivity index (χ1v) is 20.9. The first-order valence-electron chi connectivity index (χ1n) is 19.6. The van der Waals surface area contributed by atoms with E-state index in [1.54, 1.807) is 6.08 Å². The number of allylic oxidation sites excluding steroid dienone is 1. The van der Waals surface area contributed by atoms with Crippen LogP contribution in [0, 0.1) is 0 Å². The van der Waals surface area contributed by atoms with Crippen molar-refractivity contribution >= 4 is 16.3 Å². The van der Waals surface area contributed by atoms with Crippen molar-refractivity contribution in [2.45, 2.75) is 204 Å². The Morgan fingerprint density at radius 3 is 1.74 bits per heavy atom. The Bertz CT molecular complexity index is 967. The lowest BCUT2D eigenvalue weighted by Gasteiger charge is -2.41. The molecule has 0 bridgehead atoms. The molecule has 7 unspecified atom stereocenters. The van der Waals surface area contributed by atoms with Gasteiger partial charge in [0.05, 0.1) is 25.4 Å². The van der Waals surface area contributed by atoms with Crippen molar-refractivity contribution < 1.29 is 51.8 Å². The van der Waals surface area contributed by atoms with Gasteiger partial charge in [-0.1, -0.05) is 148 Å². The molecule has 7 atom stereocenters. The molecular weight excluding hydrogens is 666 g/mol. The first-order chi connectivity index (χ1) is 24.0. The Kier molecular flexibility index (Phi) is 27.5. The number of carbonyl (C=O) groups excluding carboxylic acids is 1. The average molecular weight is 738 g/mol. The van der Waals surface area contributed by atoms with Crippen molar-refractivity contribution in [3.8, 4) is 0 Å². The van der Waals surface area contributed by atoms with Crippen LogP contribution in [0.2, 0.25) is 0 Å². The summed E-state index contributed by atoms with van der Waals surface area (Å²) < 4.78 is 47.3. The molecule has 1 fully saturated rings. The number of rotatable bonds is 32. The van der Waals surface area contributed by atoms with Gasteiger partial charge in [0, 0.05) is 6.42 Å². The predicted octanol–water partition coefficient (Wildman–Crippen LogP) is 6.04. The number of hydrogen-bond acceptors (Lipinski definition) is 10. The molecule has 0 radical (unpaired) electrons. The largest absolute Gasteiger partial charge is 0.397 e. The third kappa shape index (κ3) is 22.7. The zero-order valence-corrected chi connectivity index (χ0v) is 31.8. The lowest BCUT2D eigenvalue weighted by atomic mass is 9.99.